The maximum absolute atomic E-state index is 13.5. The number of unbranched alkanes of at least 4 members (excludes halogenated alkanes) is 2. The van der Waals surface area contributed by atoms with Gasteiger partial charge in [0, 0.05) is 6.07 Å². The first-order chi connectivity index (χ1) is 14.0. The van der Waals surface area contributed by atoms with Crippen LogP contribution in [0.2, 0.25) is 0 Å². The first-order valence-corrected chi connectivity index (χ1v) is 10.3. The molecule has 1 aliphatic rings. The Kier molecular flexibility index (Phi) is 7.29. The van der Waals surface area contributed by atoms with E-state index < -0.39 is 29.4 Å². The van der Waals surface area contributed by atoms with Crippen LogP contribution in [-0.4, -0.2) is 11.0 Å². The molecule has 3 nitrogen and oxygen atoms in total. The number of carbonyl (C=O) groups excluding carboxylic acids is 1. The number of benzene rings is 1. The van der Waals surface area contributed by atoms with Gasteiger partial charge in [0.1, 0.15) is 0 Å². The summed E-state index contributed by atoms with van der Waals surface area (Å²) in [7, 11) is 0. The van der Waals surface area contributed by atoms with E-state index in [9.17, 15) is 18.0 Å². The summed E-state index contributed by atoms with van der Waals surface area (Å²) in [4.78, 5) is 14.9. The average molecular weight is 405 g/mol. The van der Waals surface area contributed by atoms with Crippen molar-refractivity contribution in [2.45, 2.75) is 64.2 Å². The van der Waals surface area contributed by atoms with Gasteiger partial charge in [-0.3, -0.25) is 0 Å². The number of esters is 1. The van der Waals surface area contributed by atoms with Crippen molar-refractivity contribution in [3.05, 3.63) is 59.2 Å². The summed E-state index contributed by atoms with van der Waals surface area (Å²) in [6, 6.07) is 7.49. The average Bonchev–Trinajstić information content (AvgIpc) is 2.73. The molecule has 0 radical (unpaired) electrons. The van der Waals surface area contributed by atoms with E-state index in [4.69, 9.17) is 4.74 Å². The highest BCUT2D eigenvalue weighted by molar-refractivity contribution is 5.91. The fourth-order valence-corrected chi connectivity index (χ4v) is 4.02. The second-order valence-electron chi connectivity index (χ2n) is 7.77. The summed E-state index contributed by atoms with van der Waals surface area (Å²) in [6.45, 7) is 2.22. The highest BCUT2D eigenvalue weighted by Gasteiger charge is 2.23. The molecule has 0 spiro atoms. The molecule has 0 aliphatic heterocycles. The number of nitrogens with zero attached hydrogens (tertiary/aromatic N) is 1. The number of hydrogen-bond donors (Lipinski definition) is 0. The molecule has 1 aromatic heterocycles. The van der Waals surface area contributed by atoms with Crippen molar-refractivity contribution in [2.75, 3.05) is 0 Å². The molecule has 0 unspecified atom stereocenters. The van der Waals surface area contributed by atoms with Gasteiger partial charge < -0.3 is 4.74 Å². The van der Waals surface area contributed by atoms with E-state index in [1.54, 1.807) is 12.1 Å². The van der Waals surface area contributed by atoms with Gasteiger partial charge in [-0.05, 0) is 55.2 Å². The molecule has 1 aromatic carbocycles. The number of rotatable bonds is 7. The van der Waals surface area contributed by atoms with E-state index in [1.807, 2.05) is 12.1 Å². The molecule has 2 aromatic rings. The van der Waals surface area contributed by atoms with Crippen molar-refractivity contribution < 1.29 is 22.7 Å². The van der Waals surface area contributed by atoms with E-state index in [0.717, 1.165) is 18.8 Å². The molecular formula is C23H26F3NO2. The fourth-order valence-electron chi connectivity index (χ4n) is 4.02. The molecule has 0 bridgehead atoms. The van der Waals surface area contributed by atoms with Crippen LogP contribution < -0.4 is 4.74 Å². The number of halogens is 3. The van der Waals surface area contributed by atoms with Crippen LogP contribution in [0.1, 0.15) is 80.1 Å². The van der Waals surface area contributed by atoms with Gasteiger partial charge in [-0.1, -0.05) is 44.7 Å². The molecule has 6 heteroatoms. The van der Waals surface area contributed by atoms with E-state index in [1.165, 1.54) is 44.1 Å². The van der Waals surface area contributed by atoms with Crippen LogP contribution in [0.15, 0.2) is 30.3 Å². The Balaban J connectivity index is 1.56. The third-order valence-electron chi connectivity index (χ3n) is 5.74. The lowest BCUT2D eigenvalue weighted by Crippen LogP contribution is -2.14. The van der Waals surface area contributed by atoms with Crippen LogP contribution in [0.5, 0.6) is 5.75 Å². The van der Waals surface area contributed by atoms with Gasteiger partial charge in [-0.25, -0.2) is 9.18 Å². The summed E-state index contributed by atoms with van der Waals surface area (Å²) in [6.07, 6.45) is 9.96. The molecule has 0 N–H and O–H groups in total. The van der Waals surface area contributed by atoms with Crippen LogP contribution in [0.4, 0.5) is 13.2 Å². The minimum atomic E-state index is -1.58. The van der Waals surface area contributed by atoms with Gasteiger partial charge in [0.2, 0.25) is 0 Å². The summed E-state index contributed by atoms with van der Waals surface area (Å²) in [5.41, 5.74) is 1.39. The van der Waals surface area contributed by atoms with Crippen molar-refractivity contribution in [2.24, 2.45) is 5.92 Å². The number of aromatic nitrogens is 1. The van der Waals surface area contributed by atoms with Crippen molar-refractivity contribution in [3.8, 4) is 5.75 Å². The molecule has 1 heterocycles. The van der Waals surface area contributed by atoms with E-state index in [2.05, 4.69) is 11.9 Å². The topological polar surface area (TPSA) is 39.2 Å². The molecular weight excluding hydrogens is 379 g/mol. The molecule has 156 valence electrons. The highest BCUT2D eigenvalue weighted by atomic mass is 19.2. The highest BCUT2D eigenvalue weighted by Crippen LogP contribution is 2.37. The third kappa shape index (κ3) is 5.58. The van der Waals surface area contributed by atoms with Gasteiger partial charge in [0.05, 0.1) is 5.56 Å². The van der Waals surface area contributed by atoms with Crippen molar-refractivity contribution in [1.29, 1.82) is 0 Å². The zero-order chi connectivity index (χ0) is 20.8. The van der Waals surface area contributed by atoms with Crippen LogP contribution in [-0.2, 0) is 0 Å². The summed E-state index contributed by atoms with van der Waals surface area (Å²) < 4.78 is 44.4. The van der Waals surface area contributed by atoms with Gasteiger partial charge in [-0.2, -0.15) is 13.8 Å². The van der Waals surface area contributed by atoms with Crippen molar-refractivity contribution in [1.82, 2.24) is 4.98 Å². The Morgan fingerprint density at radius 2 is 1.72 bits per heavy atom. The molecule has 1 fully saturated rings. The molecule has 1 saturated carbocycles. The minimum Gasteiger partial charge on any atom is -0.418 e. The summed E-state index contributed by atoms with van der Waals surface area (Å²) in [5, 5.41) is 0. The van der Waals surface area contributed by atoms with Crippen molar-refractivity contribution >= 4 is 5.97 Å². The second kappa shape index (κ2) is 9.90. The molecule has 0 amide bonds. The van der Waals surface area contributed by atoms with Gasteiger partial charge in [-0.15, -0.1) is 0 Å². The van der Waals surface area contributed by atoms with Crippen LogP contribution in [0, 0.1) is 23.6 Å². The monoisotopic (exact) mass is 405 g/mol. The van der Waals surface area contributed by atoms with Crippen LogP contribution in [0.3, 0.4) is 0 Å². The van der Waals surface area contributed by atoms with Crippen molar-refractivity contribution in [3.63, 3.8) is 0 Å². The first-order valence-electron chi connectivity index (χ1n) is 10.3. The van der Waals surface area contributed by atoms with E-state index >= 15 is 0 Å². The number of hydrogen-bond acceptors (Lipinski definition) is 3. The molecule has 1 aliphatic carbocycles. The van der Waals surface area contributed by atoms with Gasteiger partial charge in [0.15, 0.2) is 11.6 Å². The first kappa shape index (κ1) is 21.3. The maximum atomic E-state index is 13.5. The van der Waals surface area contributed by atoms with Gasteiger partial charge in [0.25, 0.3) is 11.9 Å². The Morgan fingerprint density at radius 1 is 1.03 bits per heavy atom. The molecule has 3 rings (SSSR count). The lowest BCUT2D eigenvalue weighted by molar-refractivity contribution is 0.0724. The third-order valence-corrected chi connectivity index (χ3v) is 5.74. The largest absolute Gasteiger partial charge is 0.418 e. The Hall–Kier alpha value is -2.37. The van der Waals surface area contributed by atoms with E-state index in [0.29, 0.717) is 12.0 Å². The molecule has 0 atom stereocenters. The smallest absolute Gasteiger partial charge is 0.343 e. The number of carbonyl (C=O) groups is 1. The number of pyridine rings is 1. The quantitative estimate of drug-likeness (QED) is 0.297. The summed E-state index contributed by atoms with van der Waals surface area (Å²) in [5.74, 6) is -4.60. The lowest BCUT2D eigenvalue weighted by Gasteiger charge is -2.29. The van der Waals surface area contributed by atoms with E-state index in [-0.39, 0.29) is 5.56 Å². The van der Waals surface area contributed by atoms with Crippen LogP contribution >= 0.6 is 0 Å². The molecule has 29 heavy (non-hydrogen) atoms. The van der Waals surface area contributed by atoms with Gasteiger partial charge >= 0.3 is 5.97 Å². The predicted octanol–water partition coefficient (Wildman–Crippen LogP) is 6.57. The maximum Gasteiger partial charge on any atom is 0.343 e. The predicted molar refractivity (Wildman–Crippen MR) is 104 cm³/mol. The van der Waals surface area contributed by atoms with Crippen LogP contribution in [0.25, 0.3) is 0 Å². The second-order valence-corrected chi connectivity index (χ2v) is 7.77. The molecule has 0 saturated heterocycles. The summed E-state index contributed by atoms with van der Waals surface area (Å²) >= 11 is 0. The Morgan fingerprint density at radius 3 is 2.38 bits per heavy atom. The fraction of sp³-hybridized carbons (Fsp3) is 0.478. The minimum absolute atomic E-state index is 0.214. The lowest BCUT2D eigenvalue weighted by atomic mass is 9.77. The zero-order valence-electron chi connectivity index (χ0n) is 16.6. The standard InChI is InChI=1S/C23H26F3NO2/c1-2-3-4-5-15-6-8-16(9-7-15)17-10-12-18(13-11-17)23(28)29-20-14-19(24)21(25)27-22(20)26/h10-16H,2-9H2,1H3. The normalized spacial score (nSPS) is 19.2. The Bertz CT molecular complexity index is 831. The Labute approximate surface area is 169 Å². The zero-order valence-corrected chi connectivity index (χ0v) is 16.6. The number of ether oxygens (including phenoxy) is 1. The SMILES string of the molecule is CCCCCC1CCC(c2ccc(C(=O)Oc3cc(F)c(F)nc3F)cc2)CC1.